The number of hydrogen-bond acceptors (Lipinski definition) is 7. The number of hydrogen-bond donors (Lipinski definition) is 4. The molecule has 0 aliphatic heterocycles. The highest BCUT2D eigenvalue weighted by Crippen LogP contribution is 2.24. The third kappa shape index (κ3) is 5.65. The molecule has 28 heavy (non-hydrogen) atoms. The van der Waals surface area contributed by atoms with Crippen LogP contribution in [0.3, 0.4) is 0 Å². The van der Waals surface area contributed by atoms with Crippen molar-refractivity contribution in [2.75, 3.05) is 15.7 Å². The third-order valence-electron chi connectivity index (χ3n) is 3.92. The fourth-order valence-corrected chi connectivity index (χ4v) is 2.78. The van der Waals surface area contributed by atoms with Gasteiger partial charge in [0.15, 0.2) is 5.82 Å². The van der Waals surface area contributed by atoms with Gasteiger partial charge in [0, 0.05) is 24.5 Å². The van der Waals surface area contributed by atoms with Crippen LogP contribution in [0.1, 0.15) is 44.5 Å². The van der Waals surface area contributed by atoms with Crippen molar-refractivity contribution in [1.82, 2.24) is 9.97 Å². The zero-order valence-electron chi connectivity index (χ0n) is 16.4. The lowest BCUT2D eigenvalue weighted by atomic mass is 10.0. The van der Waals surface area contributed by atoms with E-state index >= 15 is 0 Å². The van der Waals surface area contributed by atoms with Gasteiger partial charge < -0.3 is 16.4 Å². The summed E-state index contributed by atoms with van der Waals surface area (Å²) in [5.74, 6) is -0.355. The Labute approximate surface area is 163 Å². The first-order chi connectivity index (χ1) is 13.2. The summed E-state index contributed by atoms with van der Waals surface area (Å²) in [6, 6.07) is 6.72. The number of hydroxylamine groups is 1. The molecule has 0 fully saturated rings. The van der Waals surface area contributed by atoms with Crippen LogP contribution in [0.2, 0.25) is 0 Å². The van der Waals surface area contributed by atoms with Crippen LogP contribution in [-0.4, -0.2) is 33.0 Å². The maximum Gasteiger partial charge on any atom is 0.254 e. The average Bonchev–Trinajstić information content (AvgIpc) is 2.60. The predicted molar refractivity (Wildman–Crippen MR) is 108 cm³/mol. The number of anilines is 4. The topological polar surface area (TPSA) is 133 Å². The zero-order valence-corrected chi connectivity index (χ0v) is 16.4. The lowest BCUT2D eigenvalue weighted by molar-refractivity contribution is -0.114. The molecular formula is C19H26N6O3. The van der Waals surface area contributed by atoms with Gasteiger partial charge in [0.2, 0.25) is 11.9 Å². The van der Waals surface area contributed by atoms with Crippen LogP contribution in [0.5, 0.6) is 0 Å². The van der Waals surface area contributed by atoms with Gasteiger partial charge in [0.1, 0.15) is 5.56 Å². The Balaban J connectivity index is 2.31. The second-order valence-electron chi connectivity index (χ2n) is 7.01. The van der Waals surface area contributed by atoms with E-state index in [2.05, 4.69) is 20.6 Å². The minimum absolute atomic E-state index is 0.0238. The van der Waals surface area contributed by atoms with Gasteiger partial charge in [-0.3, -0.25) is 14.8 Å². The van der Waals surface area contributed by atoms with Crippen molar-refractivity contribution in [1.29, 1.82) is 0 Å². The standard InChI is InChI=1S/C19H26N6O3/c1-11(2)8-12(3)25(28)18-16(17(20)27)10-21-19(24-18)23-15-7-5-6-14(9-15)22-13(4)26/h5-7,9-12,28H,8H2,1-4H3,(H2,20,27)(H,22,26)(H,21,23,24)/t12-/m1/s1. The first-order valence-electron chi connectivity index (χ1n) is 8.97. The van der Waals surface area contributed by atoms with Crippen LogP contribution in [0, 0.1) is 5.92 Å². The molecule has 0 radical (unpaired) electrons. The molecule has 9 nitrogen and oxygen atoms in total. The number of aromatic nitrogens is 2. The zero-order chi connectivity index (χ0) is 20.8. The maximum atomic E-state index is 11.7. The first kappa shape index (κ1) is 21.1. The van der Waals surface area contributed by atoms with E-state index in [9.17, 15) is 14.8 Å². The fourth-order valence-electron chi connectivity index (χ4n) is 2.78. The quantitative estimate of drug-likeness (QED) is 0.513. The Morgan fingerprint density at radius 3 is 2.54 bits per heavy atom. The Hall–Kier alpha value is -3.20. The van der Waals surface area contributed by atoms with E-state index in [0.717, 1.165) is 5.06 Å². The molecule has 1 atom stereocenters. The molecule has 150 valence electrons. The minimum atomic E-state index is -0.731. The van der Waals surface area contributed by atoms with E-state index < -0.39 is 5.91 Å². The highest BCUT2D eigenvalue weighted by Gasteiger charge is 2.22. The van der Waals surface area contributed by atoms with Gasteiger partial charge in [0.05, 0.1) is 6.04 Å². The summed E-state index contributed by atoms with van der Waals surface area (Å²) in [7, 11) is 0. The first-order valence-corrected chi connectivity index (χ1v) is 8.97. The summed E-state index contributed by atoms with van der Waals surface area (Å²) >= 11 is 0. The van der Waals surface area contributed by atoms with Crippen molar-refractivity contribution in [2.45, 2.75) is 40.2 Å². The van der Waals surface area contributed by atoms with Crippen molar-refractivity contribution in [3.63, 3.8) is 0 Å². The van der Waals surface area contributed by atoms with Crippen LogP contribution in [-0.2, 0) is 4.79 Å². The lowest BCUT2D eigenvalue weighted by Gasteiger charge is -2.26. The molecule has 9 heteroatoms. The number of amides is 2. The van der Waals surface area contributed by atoms with Crippen molar-refractivity contribution in [2.24, 2.45) is 11.7 Å². The van der Waals surface area contributed by atoms with Crippen molar-refractivity contribution >= 4 is 35.0 Å². The van der Waals surface area contributed by atoms with E-state index in [1.165, 1.54) is 13.1 Å². The number of primary amides is 1. The molecule has 0 bridgehead atoms. The second kappa shape index (κ2) is 9.14. The smallest absolute Gasteiger partial charge is 0.254 e. The van der Waals surface area contributed by atoms with Gasteiger partial charge in [-0.25, -0.2) is 10.0 Å². The van der Waals surface area contributed by atoms with Gasteiger partial charge in [0.25, 0.3) is 5.91 Å². The summed E-state index contributed by atoms with van der Waals surface area (Å²) in [5, 5.41) is 17.2. The molecule has 2 aromatic rings. The highest BCUT2D eigenvalue weighted by atomic mass is 16.5. The van der Waals surface area contributed by atoms with Gasteiger partial charge in [-0.2, -0.15) is 4.98 Å². The molecule has 2 rings (SSSR count). The molecule has 0 spiro atoms. The maximum absolute atomic E-state index is 11.7. The van der Waals surface area contributed by atoms with E-state index in [1.54, 1.807) is 24.3 Å². The predicted octanol–water partition coefficient (Wildman–Crippen LogP) is 2.91. The molecular weight excluding hydrogens is 360 g/mol. The molecule has 0 aliphatic carbocycles. The summed E-state index contributed by atoms with van der Waals surface area (Å²) in [4.78, 5) is 31.3. The van der Waals surface area contributed by atoms with E-state index in [4.69, 9.17) is 5.73 Å². The number of rotatable bonds is 8. The molecule has 0 saturated heterocycles. The number of nitrogens with two attached hydrogens (primary N) is 1. The Morgan fingerprint density at radius 1 is 1.25 bits per heavy atom. The van der Waals surface area contributed by atoms with Gasteiger partial charge in [-0.15, -0.1) is 0 Å². The number of nitrogens with one attached hydrogen (secondary N) is 2. The largest absolute Gasteiger partial charge is 0.365 e. The fraction of sp³-hybridized carbons (Fsp3) is 0.368. The Bertz CT molecular complexity index is 855. The summed E-state index contributed by atoms with van der Waals surface area (Å²) < 4.78 is 0. The summed E-state index contributed by atoms with van der Waals surface area (Å²) in [5.41, 5.74) is 6.67. The molecule has 1 heterocycles. The molecule has 0 saturated carbocycles. The van der Waals surface area contributed by atoms with Crippen LogP contribution >= 0.6 is 0 Å². The van der Waals surface area contributed by atoms with Crippen molar-refractivity contribution in [3.8, 4) is 0 Å². The van der Waals surface area contributed by atoms with E-state index in [-0.39, 0.29) is 29.3 Å². The molecule has 0 unspecified atom stereocenters. The Morgan fingerprint density at radius 2 is 1.93 bits per heavy atom. The number of benzene rings is 1. The van der Waals surface area contributed by atoms with Gasteiger partial charge >= 0.3 is 0 Å². The van der Waals surface area contributed by atoms with E-state index in [0.29, 0.717) is 23.7 Å². The normalized spacial score (nSPS) is 11.8. The Kier molecular flexibility index (Phi) is 6.89. The molecule has 1 aromatic heterocycles. The number of nitrogens with zero attached hydrogens (tertiary/aromatic N) is 3. The minimum Gasteiger partial charge on any atom is -0.365 e. The summed E-state index contributed by atoms with van der Waals surface area (Å²) in [6.45, 7) is 7.33. The van der Waals surface area contributed by atoms with Gasteiger partial charge in [-0.05, 0) is 37.5 Å². The SMILES string of the molecule is CC(=O)Nc1cccc(Nc2ncc(C(N)=O)c(N(O)[C@H](C)CC(C)C)n2)c1. The van der Waals surface area contributed by atoms with Gasteiger partial charge in [-0.1, -0.05) is 19.9 Å². The monoisotopic (exact) mass is 386 g/mol. The van der Waals surface area contributed by atoms with Crippen molar-refractivity contribution < 1.29 is 14.8 Å². The van der Waals surface area contributed by atoms with Crippen molar-refractivity contribution in [3.05, 3.63) is 36.0 Å². The molecule has 0 aliphatic rings. The van der Waals surface area contributed by atoms with Crippen LogP contribution in [0.15, 0.2) is 30.5 Å². The second-order valence-corrected chi connectivity index (χ2v) is 7.01. The highest BCUT2D eigenvalue weighted by molar-refractivity contribution is 5.97. The molecule has 2 amide bonds. The third-order valence-corrected chi connectivity index (χ3v) is 3.92. The average molecular weight is 386 g/mol. The van der Waals surface area contributed by atoms with Crippen LogP contribution < -0.4 is 21.4 Å². The number of carbonyl (C=O) groups is 2. The van der Waals surface area contributed by atoms with E-state index in [1.807, 2.05) is 20.8 Å². The molecule has 1 aromatic carbocycles. The molecule has 5 N–H and O–H groups in total. The van der Waals surface area contributed by atoms with Crippen LogP contribution in [0.4, 0.5) is 23.1 Å². The number of carbonyl (C=O) groups excluding carboxylic acids is 2. The summed E-state index contributed by atoms with van der Waals surface area (Å²) in [6.07, 6.45) is 1.97. The van der Waals surface area contributed by atoms with Crippen LogP contribution in [0.25, 0.3) is 0 Å². The lowest BCUT2D eigenvalue weighted by Crippen LogP contribution is -2.33.